The first-order chi connectivity index (χ1) is 10.6. The van der Waals surface area contributed by atoms with Crippen molar-refractivity contribution in [3.63, 3.8) is 0 Å². The minimum absolute atomic E-state index is 0.0241. The smallest absolute Gasteiger partial charge is 0.422 e. The van der Waals surface area contributed by atoms with Crippen LogP contribution in [0.5, 0.6) is 5.75 Å². The number of hydrogen-bond acceptors (Lipinski definition) is 4. The second-order valence-electron chi connectivity index (χ2n) is 5.37. The lowest BCUT2D eigenvalue weighted by atomic mass is 10.1. The van der Waals surface area contributed by atoms with Crippen molar-refractivity contribution in [2.45, 2.75) is 19.1 Å². The van der Waals surface area contributed by atoms with Gasteiger partial charge in [-0.2, -0.15) is 13.2 Å². The lowest BCUT2D eigenvalue weighted by Gasteiger charge is -2.11. The van der Waals surface area contributed by atoms with Gasteiger partial charge >= 0.3 is 6.18 Å². The molecule has 1 saturated heterocycles. The summed E-state index contributed by atoms with van der Waals surface area (Å²) in [6.07, 6.45) is -4.08. The predicted octanol–water partition coefficient (Wildman–Crippen LogP) is 1.68. The fourth-order valence-electron chi connectivity index (χ4n) is 2.20. The Labute approximate surface area is 131 Å². The second-order valence-corrected chi connectivity index (χ2v) is 7.59. The minimum atomic E-state index is -4.39. The van der Waals surface area contributed by atoms with E-state index in [9.17, 15) is 26.4 Å². The van der Waals surface area contributed by atoms with Gasteiger partial charge in [0.05, 0.1) is 17.4 Å². The van der Waals surface area contributed by atoms with Gasteiger partial charge in [0.15, 0.2) is 16.4 Å². The van der Waals surface area contributed by atoms with Gasteiger partial charge < -0.3 is 10.1 Å². The number of alkyl halides is 3. The molecule has 1 heterocycles. The maximum atomic E-state index is 12.0. The quantitative estimate of drug-likeness (QED) is 0.876. The third-order valence-electron chi connectivity index (χ3n) is 3.40. The van der Waals surface area contributed by atoms with Crippen LogP contribution < -0.4 is 10.1 Å². The molecule has 0 spiro atoms. The van der Waals surface area contributed by atoms with Gasteiger partial charge in [-0.1, -0.05) is 12.1 Å². The van der Waals surface area contributed by atoms with Gasteiger partial charge in [-0.15, -0.1) is 0 Å². The van der Waals surface area contributed by atoms with Crippen molar-refractivity contribution in [2.75, 3.05) is 18.1 Å². The first-order valence-electron chi connectivity index (χ1n) is 6.91. The Balaban J connectivity index is 1.81. The highest BCUT2D eigenvalue weighted by molar-refractivity contribution is 7.91. The van der Waals surface area contributed by atoms with E-state index < -0.39 is 28.5 Å². The van der Waals surface area contributed by atoms with Gasteiger partial charge in [0, 0.05) is 6.54 Å². The fraction of sp³-hybridized carbons (Fsp3) is 0.500. The number of sulfone groups is 1. The molecule has 1 amide bonds. The number of rotatable bonds is 5. The van der Waals surface area contributed by atoms with Crippen LogP contribution in [0.2, 0.25) is 0 Å². The number of carbonyl (C=O) groups is 1. The molecule has 1 unspecified atom stereocenters. The first kappa shape index (κ1) is 17.6. The molecule has 23 heavy (non-hydrogen) atoms. The maximum Gasteiger partial charge on any atom is 0.422 e. The van der Waals surface area contributed by atoms with Gasteiger partial charge in [-0.25, -0.2) is 8.42 Å². The minimum Gasteiger partial charge on any atom is -0.484 e. The SMILES string of the molecule is O=C(NCc1ccc(OCC(F)(F)F)cc1)C1CCS(=O)(=O)C1. The number of hydrogen-bond donors (Lipinski definition) is 1. The van der Waals surface area contributed by atoms with E-state index in [1.54, 1.807) is 0 Å². The number of carbonyl (C=O) groups excluding carboxylic acids is 1. The van der Waals surface area contributed by atoms with Crippen LogP contribution in [-0.2, 0) is 21.2 Å². The monoisotopic (exact) mass is 351 g/mol. The molecule has 0 bridgehead atoms. The molecule has 1 aromatic carbocycles. The molecule has 0 aliphatic carbocycles. The van der Waals surface area contributed by atoms with Gasteiger partial charge in [-0.3, -0.25) is 4.79 Å². The normalized spacial score (nSPS) is 20.2. The van der Waals surface area contributed by atoms with Crippen molar-refractivity contribution < 1.29 is 31.1 Å². The Bertz CT molecular complexity index is 656. The number of amides is 1. The third-order valence-corrected chi connectivity index (χ3v) is 5.16. The molecule has 1 N–H and O–H groups in total. The van der Waals surface area contributed by atoms with Crippen LogP contribution in [0, 0.1) is 5.92 Å². The van der Waals surface area contributed by atoms with Gasteiger partial charge in [-0.05, 0) is 24.1 Å². The van der Waals surface area contributed by atoms with Crippen LogP contribution in [0.3, 0.4) is 0 Å². The highest BCUT2D eigenvalue weighted by Crippen LogP contribution is 2.20. The van der Waals surface area contributed by atoms with Crippen LogP contribution in [0.15, 0.2) is 24.3 Å². The molecule has 1 aliphatic heterocycles. The topological polar surface area (TPSA) is 72.5 Å². The van der Waals surface area contributed by atoms with E-state index in [1.807, 2.05) is 0 Å². The van der Waals surface area contributed by atoms with Crippen LogP contribution in [0.25, 0.3) is 0 Å². The molecule has 9 heteroatoms. The number of nitrogens with one attached hydrogen (secondary N) is 1. The lowest BCUT2D eigenvalue weighted by Crippen LogP contribution is -2.30. The second kappa shape index (κ2) is 6.77. The molecule has 1 aliphatic rings. The third kappa shape index (κ3) is 5.74. The van der Waals surface area contributed by atoms with Gasteiger partial charge in [0.1, 0.15) is 5.75 Å². The van der Waals surface area contributed by atoms with Crippen LogP contribution in [0.4, 0.5) is 13.2 Å². The Hall–Kier alpha value is -1.77. The van der Waals surface area contributed by atoms with E-state index in [4.69, 9.17) is 0 Å². The van der Waals surface area contributed by atoms with Crippen LogP contribution in [0.1, 0.15) is 12.0 Å². The summed E-state index contributed by atoms with van der Waals surface area (Å²) in [7, 11) is -3.12. The highest BCUT2D eigenvalue weighted by atomic mass is 32.2. The summed E-state index contributed by atoms with van der Waals surface area (Å²) >= 11 is 0. The summed E-state index contributed by atoms with van der Waals surface area (Å²) in [6, 6.07) is 5.84. The van der Waals surface area contributed by atoms with E-state index in [0.717, 1.165) is 0 Å². The van der Waals surface area contributed by atoms with Gasteiger partial charge in [0.25, 0.3) is 0 Å². The molecule has 128 valence electrons. The summed E-state index contributed by atoms with van der Waals surface area (Å²) in [6.45, 7) is -1.19. The molecular weight excluding hydrogens is 335 g/mol. The number of ether oxygens (including phenoxy) is 1. The molecule has 0 aromatic heterocycles. The highest BCUT2D eigenvalue weighted by Gasteiger charge is 2.32. The van der Waals surface area contributed by atoms with Crippen molar-refractivity contribution in [2.24, 2.45) is 5.92 Å². The fourth-order valence-corrected chi connectivity index (χ4v) is 3.95. The molecule has 5 nitrogen and oxygen atoms in total. The Morgan fingerprint density at radius 2 is 1.91 bits per heavy atom. The molecule has 1 atom stereocenters. The summed E-state index contributed by atoms with van der Waals surface area (Å²) in [4.78, 5) is 11.9. The maximum absolute atomic E-state index is 12.0. The van der Waals surface area contributed by atoms with Crippen LogP contribution in [-0.4, -0.2) is 38.6 Å². The lowest BCUT2D eigenvalue weighted by molar-refractivity contribution is -0.153. The van der Waals surface area contributed by atoms with E-state index in [0.29, 0.717) is 12.0 Å². The number of halogens is 3. The van der Waals surface area contributed by atoms with Gasteiger partial charge in [0.2, 0.25) is 5.91 Å². The van der Waals surface area contributed by atoms with Crippen LogP contribution >= 0.6 is 0 Å². The Morgan fingerprint density at radius 1 is 1.26 bits per heavy atom. The zero-order valence-corrected chi connectivity index (χ0v) is 12.9. The summed E-state index contributed by atoms with van der Waals surface area (Å²) in [5.41, 5.74) is 0.679. The first-order valence-corrected chi connectivity index (χ1v) is 8.73. The molecule has 2 rings (SSSR count). The molecule has 0 radical (unpaired) electrons. The predicted molar refractivity (Wildman–Crippen MR) is 76.6 cm³/mol. The van der Waals surface area contributed by atoms with E-state index >= 15 is 0 Å². The standard InChI is InChI=1S/C14H16F3NO4S/c15-14(16,17)9-22-12-3-1-10(2-4-12)7-18-13(19)11-5-6-23(20,21)8-11/h1-4,11H,5-9H2,(H,18,19). The summed E-state index contributed by atoms with van der Waals surface area (Å²) < 4.78 is 63.3. The molecule has 0 saturated carbocycles. The summed E-state index contributed by atoms with van der Waals surface area (Å²) in [5.74, 6) is -0.892. The average molecular weight is 351 g/mol. The molecule has 1 aromatic rings. The average Bonchev–Trinajstić information content (AvgIpc) is 2.83. The molecular formula is C14H16F3NO4S. The Morgan fingerprint density at radius 3 is 2.43 bits per heavy atom. The van der Waals surface area contributed by atoms with Crippen molar-refractivity contribution in [3.05, 3.63) is 29.8 Å². The zero-order chi connectivity index (χ0) is 17.1. The Kier molecular flexibility index (Phi) is 5.18. The number of benzene rings is 1. The largest absolute Gasteiger partial charge is 0.484 e. The van der Waals surface area contributed by atoms with Crippen molar-refractivity contribution in [1.29, 1.82) is 0 Å². The van der Waals surface area contributed by atoms with Crippen molar-refractivity contribution >= 4 is 15.7 Å². The van der Waals surface area contributed by atoms with Crippen molar-refractivity contribution in [1.82, 2.24) is 5.32 Å². The molecule has 1 fully saturated rings. The zero-order valence-electron chi connectivity index (χ0n) is 12.1. The van der Waals surface area contributed by atoms with E-state index in [2.05, 4.69) is 10.1 Å². The van der Waals surface area contributed by atoms with E-state index in [1.165, 1.54) is 24.3 Å². The summed E-state index contributed by atoms with van der Waals surface area (Å²) in [5, 5.41) is 2.63. The van der Waals surface area contributed by atoms with Crippen molar-refractivity contribution in [3.8, 4) is 5.75 Å². The van der Waals surface area contributed by atoms with E-state index in [-0.39, 0.29) is 29.7 Å².